The summed E-state index contributed by atoms with van der Waals surface area (Å²) in [6.45, 7) is 1.61. The highest BCUT2D eigenvalue weighted by Gasteiger charge is 2.22. The van der Waals surface area contributed by atoms with Gasteiger partial charge in [-0.1, -0.05) is 29.5 Å². The Balaban J connectivity index is 1.80. The van der Waals surface area contributed by atoms with E-state index in [1.807, 2.05) is 0 Å². The maximum Gasteiger partial charge on any atom is 0.409 e. The van der Waals surface area contributed by atoms with Crippen LogP contribution in [0.25, 0.3) is 16.4 Å². The van der Waals surface area contributed by atoms with Crippen molar-refractivity contribution in [1.82, 2.24) is 9.97 Å². The highest BCUT2D eigenvalue weighted by molar-refractivity contribution is 7.19. The maximum absolute atomic E-state index is 12.5. The van der Waals surface area contributed by atoms with E-state index < -0.39 is 18.1 Å². The van der Waals surface area contributed by atoms with Crippen molar-refractivity contribution in [1.29, 1.82) is 0 Å². The molecular weight excluding hydrogens is 395 g/mol. The summed E-state index contributed by atoms with van der Waals surface area (Å²) in [7, 11) is 0. The van der Waals surface area contributed by atoms with Gasteiger partial charge in [-0.25, -0.2) is 14.8 Å². The number of alkyl halides is 3. The molecule has 0 aliphatic rings. The number of nitrogens with one attached hydrogen (secondary N) is 1. The number of fused-ring (bicyclic) bond motifs is 1. The van der Waals surface area contributed by atoms with Gasteiger partial charge in [-0.2, -0.15) is 13.2 Å². The molecule has 0 radical (unpaired) electrons. The van der Waals surface area contributed by atoms with Crippen molar-refractivity contribution in [2.45, 2.75) is 13.1 Å². The summed E-state index contributed by atoms with van der Waals surface area (Å²) in [4.78, 5) is 31.9. The number of pyridine rings is 1. The number of benzene rings is 1. The van der Waals surface area contributed by atoms with Gasteiger partial charge in [-0.05, 0) is 30.2 Å². The number of anilines is 1. The lowest BCUT2D eigenvalue weighted by atomic mass is 10.0. The molecule has 2 heterocycles. The van der Waals surface area contributed by atoms with Gasteiger partial charge in [0.1, 0.15) is 10.3 Å². The topological polar surface area (TPSA) is 92.2 Å². The highest BCUT2D eigenvalue weighted by atomic mass is 32.1. The summed E-state index contributed by atoms with van der Waals surface area (Å²) < 4.78 is 36.8. The first-order chi connectivity index (χ1) is 13.1. The van der Waals surface area contributed by atoms with E-state index in [2.05, 4.69) is 15.3 Å². The smallest absolute Gasteiger partial charge is 0.409 e. The van der Waals surface area contributed by atoms with Crippen LogP contribution in [0, 0.1) is 6.92 Å². The first-order valence-corrected chi connectivity index (χ1v) is 8.62. The molecule has 0 saturated heterocycles. The monoisotopic (exact) mass is 407 g/mol. The van der Waals surface area contributed by atoms with Crippen molar-refractivity contribution < 1.29 is 27.9 Å². The summed E-state index contributed by atoms with van der Waals surface area (Å²) >= 11 is 0.919. The van der Waals surface area contributed by atoms with Crippen LogP contribution in [-0.2, 0) is 0 Å². The summed E-state index contributed by atoms with van der Waals surface area (Å²) in [6, 6.07) is 5.81. The van der Waals surface area contributed by atoms with E-state index in [0.717, 1.165) is 17.4 Å². The normalized spacial score (nSPS) is 11.9. The van der Waals surface area contributed by atoms with Crippen LogP contribution < -0.4 is 5.32 Å². The van der Waals surface area contributed by atoms with Crippen LogP contribution in [0.3, 0.4) is 0 Å². The zero-order chi connectivity index (χ0) is 20.5. The Bertz CT molecular complexity index is 1110. The molecule has 0 unspecified atom stereocenters. The third kappa shape index (κ3) is 4.52. The molecule has 1 amide bonds. The van der Waals surface area contributed by atoms with Gasteiger partial charge >= 0.3 is 12.1 Å². The molecule has 0 aliphatic heterocycles. The molecule has 0 spiro atoms. The van der Waals surface area contributed by atoms with E-state index in [9.17, 15) is 22.8 Å². The minimum absolute atomic E-state index is 0.107. The lowest BCUT2D eigenvalue weighted by molar-refractivity contribution is -0.0790. The van der Waals surface area contributed by atoms with Gasteiger partial charge in [0.2, 0.25) is 5.01 Å². The Morgan fingerprint density at radius 3 is 2.64 bits per heavy atom. The van der Waals surface area contributed by atoms with Crippen molar-refractivity contribution in [3.63, 3.8) is 0 Å². The predicted molar refractivity (Wildman–Crippen MR) is 98.6 cm³/mol. The summed E-state index contributed by atoms with van der Waals surface area (Å²) in [5, 5.41) is 11.5. The number of aromatic nitrogens is 2. The predicted octanol–water partition coefficient (Wildman–Crippen LogP) is 4.53. The number of allylic oxidation sites excluding steroid dienone is 1. The zero-order valence-corrected chi connectivity index (χ0v) is 15.1. The second-order valence-corrected chi connectivity index (χ2v) is 6.75. The number of rotatable bonds is 4. The van der Waals surface area contributed by atoms with E-state index in [1.165, 1.54) is 30.5 Å². The van der Waals surface area contributed by atoms with Crippen LogP contribution in [-0.4, -0.2) is 33.1 Å². The molecule has 0 bridgehead atoms. The Kier molecular flexibility index (Phi) is 5.14. The summed E-state index contributed by atoms with van der Waals surface area (Å²) in [5.74, 6) is -1.64. The molecule has 2 N–H and O–H groups in total. The van der Waals surface area contributed by atoms with Crippen LogP contribution in [0.15, 0.2) is 36.5 Å². The van der Waals surface area contributed by atoms with Gasteiger partial charge in [0, 0.05) is 11.6 Å². The van der Waals surface area contributed by atoms with Crippen molar-refractivity contribution in [3.05, 3.63) is 58.2 Å². The zero-order valence-electron chi connectivity index (χ0n) is 14.2. The molecule has 3 aromatic rings. The SMILES string of the molecule is Cc1cc(C=CC(F)(F)F)ccc1C(=O)Nc1cnc2sc(C(=O)O)nc2c1. The average molecular weight is 407 g/mol. The number of nitrogens with zero attached hydrogens (tertiary/aromatic N) is 2. The molecule has 2 aromatic heterocycles. The third-order valence-electron chi connectivity index (χ3n) is 3.65. The number of halogens is 3. The van der Waals surface area contributed by atoms with Gasteiger partial charge in [-0.3, -0.25) is 4.79 Å². The Morgan fingerprint density at radius 1 is 1.25 bits per heavy atom. The van der Waals surface area contributed by atoms with Crippen LogP contribution in [0.5, 0.6) is 0 Å². The average Bonchev–Trinajstić information content (AvgIpc) is 3.03. The Morgan fingerprint density at radius 2 is 2.00 bits per heavy atom. The van der Waals surface area contributed by atoms with Crippen molar-refractivity contribution in [3.8, 4) is 0 Å². The Labute approximate surface area is 160 Å². The largest absolute Gasteiger partial charge is 0.476 e. The first-order valence-electron chi connectivity index (χ1n) is 7.80. The molecule has 0 aliphatic carbocycles. The molecule has 28 heavy (non-hydrogen) atoms. The van der Waals surface area contributed by atoms with E-state index in [0.29, 0.717) is 27.2 Å². The number of aromatic carboxylic acids is 1. The fourth-order valence-corrected chi connectivity index (χ4v) is 3.15. The molecule has 6 nitrogen and oxygen atoms in total. The number of carbonyl (C=O) groups is 2. The van der Waals surface area contributed by atoms with Crippen molar-refractivity contribution >= 4 is 45.3 Å². The number of thiazole rings is 1. The molecule has 0 atom stereocenters. The summed E-state index contributed by atoms with van der Waals surface area (Å²) in [5.41, 5.74) is 1.76. The number of amides is 1. The Hall–Kier alpha value is -3.27. The molecule has 1 aromatic carbocycles. The van der Waals surface area contributed by atoms with Gasteiger partial charge in [0.25, 0.3) is 5.91 Å². The minimum atomic E-state index is -4.41. The van der Waals surface area contributed by atoms with E-state index in [-0.39, 0.29) is 16.6 Å². The number of carboxylic acids is 1. The summed E-state index contributed by atoms with van der Waals surface area (Å²) in [6.07, 6.45) is -1.98. The molecule has 144 valence electrons. The van der Waals surface area contributed by atoms with Crippen molar-refractivity contribution in [2.75, 3.05) is 5.32 Å². The third-order valence-corrected chi connectivity index (χ3v) is 4.62. The van der Waals surface area contributed by atoms with Gasteiger partial charge in [0.15, 0.2) is 0 Å². The van der Waals surface area contributed by atoms with E-state index in [4.69, 9.17) is 5.11 Å². The number of hydrogen-bond acceptors (Lipinski definition) is 5. The van der Waals surface area contributed by atoms with Crippen LogP contribution >= 0.6 is 11.3 Å². The fraction of sp³-hybridized carbons (Fsp3) is 0.111. The number of carboxylic acid groups (broad SMARTS) is 1. The fourth-order valence-electron chi connectivity index (χ4n) is 2.42. The second-order valence-electron chi connectivity index (χ2n) is 5.78. The first kappa shape index (κ1) is 19.5. The van der Waals surface area contributed by atoms with Crippen LogP contribution in [0.4, 0.5) is 18.9 Å². The molecule has 10 heteroatoms. The van der Waals surface area contributed by atoms with E-state index in [1.54, 1.807) is 6.92 Å². The second kappa shape index (κ2) is 7.39. The van der Waals surface area contributed by atoms with Crippen LogP contribution in [0.1, 0.15) is 31.3 Å². The van der Waals surface area contributed by atoms with Gasteiger partial charge in [-0.15, -0.1) is 0 Å². The number of aryl methyl sites for hydroxylation is 1. The molecule has 0 saturated carbocycles. The highest BCUT2D eigenvalue weighted by Crippen LogP contribution is 2.24. The lowest BCUT2D eigenvalue weighted by Crippen LogP contribution is -2.13. The molecular formula is C18H12F3N3O3S. The minimum Gasteiger partial charge on any atom is -0.476 e. The lowest BCUT2D eigenvalue weighted by Gasteiger charge is -2.08. The number of carbonyl (C=O) groups excluding carboxylic acids is 1. The number of hydrogen-bond donors (Lipinski definition) is 2. The maximum atomic E-state index is 12.5. The van der Waals surface area contributed by atoms with Gasteiger partial charge in [0.05, 0.1) is 11.9 Å². The molecule has 0 fully saturated rings. The molecule has 3 rings (SSSR count). The standard InChI is InChI=1S/C18H12F3N3O3S/c1-9-6-10(4-5-18(19,20)21)2-3-12(9)14(25)23-11-7-13-15(22-8-11)28-16(24-13)17(26)27/h2-8H,1H3,(H,23,25)(H,26,27). The van der Waals surface area contributed by atoms with Crippen LogP contribution in [0.2, 0.25) is 0 Å². The van der Waals surface area contributed by atoms with E-state index >= 15 is 0 Å². The van der Waals surface area contributed by atoms with Gasteiger partial charge < -0.3 is 10.4 Å². The quantitative estimate of drug-likeness (QED) is 0.663. The van der Waals surface area contributed by atoms with Crippen molar-refractivity contribution in [2.24, 2.45) is 0 Å².